The normalized spacial score (nSPS) is 10.9. The fourth-order valence-electron chi connectivity index (χ4n) is 1.67. The van der Waals surface area contributed by atoms with Gasteiger partial charge in [0.05, 0.1) is 12.1 Å². The van der Waals surface area contributed by atoms with Crippen molar-refractivity contribution in [1.29, 1.82) is 0 Å². The molecule has 6 heteroatoms. The smallest absolute Gasteiger partial charge is 0.308 e. The highest BCUT2D eigenvalue weighted by atomic mass is 32.1. The molecule has 18 heavy (non-hydrogen) atoms. The second kappa shape index (κ2) is 7.33. The summed E-state index contributed by atoms with van der Waals surface area (Å²) in [6, 6.07) is 0. The van der Waals surface area contributed by atoms with Crippen molar-refractivity contribution in [1.82, 2.24) is 9.88 Å². The zero-order chi connectivity index (χ0) is 13.5. The number of carboxylic acid groups (broad SMARTS) is 1. The summed E-state index contributed by atoms with van der Waals surface area (Å²) in [5.41, 5.74) is 0.813. The predicted octanol–water partition coefficient (Wildman–Crippen LogP) is 1.83. The maximum atomic E-state index is 10.7. The Labute approximate surface area is 112 Å². The molecule has 0 fully saturated rings. The Kier molecular flexibility index (Phi) is 6.07. The van der Waals surface area contributed by atoms with Crippen LogP contribution in [0, 0.1) is 6.92 Å². The maximum Gasteiger partial charge on any atom is 0.308 e. The Balaban J connectivity index is 2.45. The predicted molar refractivity (Wildman–Crippen MR) is 74.5 cm³/mol. The lowest BCUT2D eigenvalue weighted by atomic mass is 10.3. The number of aryl methyl sites for hydroxylation is 1. The summed E-state index contributed by atoms with van der Waals surface area (Å²) in [5, 5.41) is 12.8. The van der Waals surface area contributed by atoms with E-state index in [9.17, 15) is 4.79 Å². The average molecular weight is 271 g/mol. The zero-order valence-electron chi connectivity index (χ0n) is 11.2. The minimum atomic E-state index is -0.809. The molecule has 0 radical (unpaired) electrons. The lowest BCUT2D eigenvalue weighted by Crippen LogP contribution is -2.28. The van der Waals surface area contributed by atoms with Crippen molar-refractivity contribution in [3.8, 4) is 0 Å². The fourth-order valence-corrected chi connectivity index (χ4v) is 2.64. The van der Waals surface area contributed by atoms with Gasteiger partial charge in [-0.3, -0.25) is 4.79 Å². The highest BCUT2D eigenvalue weighted by Crippen LogP contribution is 2.22. The number of hydrogen-bond donors (Lipinski definition) is 2. The number of nitrogens with one attached hydrogen (secondary N) is 1. The fraction of sp³-hybridized carbons (Fsp3) is 0.667. The Morgan fingerprint density at radius 1 is 1.44 bits per heavy atom. The van der Waals surface area contributed by atoms with Gasteiger partial charge in [-0.05, 0) is 20.0 Å². The van der Waals surface area contributed by atoms with Crippen molar-refractivity contribution >= 4 is 22.4 Å². The van der Waals surface area contributed by atoms with E-state index < -0.39 is 5.97 Å². The molecule has 1 aromatic heterocycles. The van der Waals surface area contributed by atoms with Gasteiger partial charge < -0.3 is 15.3 Å². The van der Waals surface area contributed by atoms with Crippen LogP contribution in [0.5, 0.6) is 0 Å². The summed E-state index contributed by atoms with van der Waals surface area (Å²) >= 11 is 1.43. The van der Waals surface area contributed by atoms with Gasteiger partial charge in [0.2, 0.25) is 0 Å². The first-order valence-electron chi connectivity index (χ1n) is 6.21. The molecule has 0 atom stereocenters. The molecule has 1 rings (SSSR count). The minimum Gasteiger partial charge on any atom is -0.481 e. The van der Waals surface area contributed by atoms with E-state index in [2.05, 4.69) is 29.0 Å². The minimum absolute atomic E-state index is 0.0568. The third-order valence-corrected chi connectivity index (χ3v) is 3.92. The number of carbonyl (C=O) groups is 1. The zero-order valence-corrected chi connectivity index (χ0v) is 12.0. The van der Waals surface area contributed by atoms with Crippen LogP contribution < -0.4 is 5.32 Å². The van der Waals surface area contributed by atoms with Gasteiger partial charge >= 0.3 is 5.97 Å². The molecule has 0 saturated carbocycles. The first-order valence-corrected chi connectivity index (χ1v) is 7.02. The third-order valence-electron chi connectivity index (χ3n) is 2.80. The number of carboxylic acids is 1. The molecule has 0 aliphatic rings. The summed E-state index contributed by atoms with van der Waals surface area (Å²) in [7, 11) is 0. The van der Waals surface area contributed by atoms with Crippen LogP contribution in [-0.4, -0.2) is 47.1 Å². The molecule has 0 bridgehead atoms. The molecular formula is C12H21N3O2S. The number of aliphatic carboxylic acids is 1. The molecule has 0 spiro atoms. The van der Waals surface area contributed by atoms with Gasteiger partial charge in [-0.1, -0.05) is 13.8 Å². The van der Waals surface area contributed by atoms with E-state index in [1.807, 2.05) is 6.92 Å². The van der Waals surface area contributed by atoms with Gasteiger partial charge in [-0.2, -0.15) is 0 Å². The molecule has 0 aromatic carbocycles. The van der Waals surface area contributed by atoms with Crippen LogP contribution >= 0.6 is 11.3 Å². The van der Waals surface area contributed by atoms with Gasteiger partial charge in [0.15, 0.2) is 5.13 Å². The molecule has 0 unspecified atom stereocenters. The Hall–Kier alpha value is -1.14. The third kappa shape index (κ3) is 4.62. The van der Waals surface area contributed by atoms with Gasteiger partial charge in [0.25, 0.3) is 0 Å². The van der Waals surface area contributed by atoms with Gasteiger partial charge in [-0.15, -0.1) is 11.3 Å². The summed E-state index contributed by atoms with van der Waals surface area (Å²) in [6.07, 6.45) is 0.0568. The molecule has 2 N–H and O–H groups in total. The average Bonchev–Trinajstić information content (AvgIpc) is 2.65. The first-order chi connectivity index (χ1) is 8.56. The van der Waals surface area contributed by atoms with Crippen LogP contribution in [0.25, 0.3) is 0 Å². The Morgan fingerprint density at radius 2 is 2.11 bits per heavy atom. The maximum absolute atomic E-state index is 10.7. The number of rotatable bonds is 8. The van der Waals surface area contributed by atoms with Crippen molar-refractivity contribution < 1.29 is 9.90 Å². The van der Waals surface area contributed by atoms with E-state index in [1.165, 1.54) is 11.3 Å². The molecule has 0 aliphatic carbocycles. The van der Waals surface area contributed by atoms with E-state index in [4.69, 9.17) is 5.11 Å². The topological polar surface area (TPSA) is 65.5 Å². The molecule has 5 nitrogen and oxygen atoms in total. The van der Waals surface area contributed by atoms with Crippen LogP contribution in [-0.2, 0) is 11.2 Å². The van der Waals surface area contributed by atoms with Crippen molar-refractivity contribution in [3.63, 3.8) is 0 Å². The molecule has 1 aromatic rings. The molecule has 1 heterocycles. The van der Waals surface area contributed by atoms with Crippen molar-refractivity contribution in [3.05, 3.63) is 10.6 Å². The summed E-state index contributed by atoms with van der Waals surface area (Å²) in [5.74, 6) is -0.809. The van der Waals surface area contributed by atoms with Gasteiger partial charge in [0, 0.05) is 18.0 Å². The van der Waals surface area contributed by atoms with E-state index in [-0.39, 0.29) is 6.42 Å². The van der Waals surface area contributed by atoms with E-state index in [0.717, 1.165) is 41.9 Å². The van der Waals surface area contributed by atoms with E-state index >= 15 is 0 Å². The van der Waals surface area contributed by atoms with Crippen molar-refractivity contribution in [2.75, 3.05) is 31.5 Å². The molecule has 0 saturated heterocycles. The SMILES string of the molecule is CCN(CC)CCNc1nc(C)c(CC(=O)O)s1. The second-order valence-corrected chi connectivity index (χ2v) is 5.14. The van der Waals surface area contributed by atoms with Crippen LogP contribution in [0.15, 0.2) is 0 Å². The van der Waals surface area contributed by atoms with Crippen LogP contribution in [0.1, 0.15) is 24.4 Å². The first kappa shape index (κ1) is 14.9. The lowest BCUT2D eigenvalue weighted by Gasteiger charge is -2.17. The lowest BCUT2D eigenvalue weighted by molar-refractivity contribution is -0.136. The Morgan fingerprint density at radius 3 is 2.67 bits per heavy atom. The number of likely N-dealkylation sites (N-methyl/N-ethyl adjacent to an activating group) is 1. The van der Waals surface area contributed by atoms with Crippen LogP contribution in [0.4, 0.5) is 5.13 Å². The highest BCUT2D eigenvalue weighted by molar-refractivity contribution is 7.15. The molecule has 0 aliphatic heterocycles. The molecular weight excluding hydrogens is 250 g/mol. The molecule has 0 amide bonds. The van der Waals surface area contributed by atoms with Crippen molar-refractivity contribution in [2.45, 2.75) is 27.2 Å². The summed E-state index contributed by atoms with van der Waals surface area (Å²) in [4.78, 5) is 18.2. The van der Waals surface area contributed by atoms with E-state index in [0.29, 0.717) is 0 Å². The van der Waals surface area contributed by atoms with E-state index in [1.54, 1.807) is 0 Å². The standard InChI is InChI=1S/C12H21N3O2S/c1-4-15(5-2)7-6-13-12-14-9(3)10(18-12)8-11(16)17/h4-8H2,1-3H3,(H,13,14)(H,16,17). The van der Waals surface area contributed by atoms with Gasteiger partial charge in [-0.25, -0.2) is 4.98 Å². The van der Waals surface area contributed by atoms with Crippen LogP contribution in [0.3, 0.4) is 0 Å². The highest BCUT2D eigenvalue weighted by Gasteiger charge is 2.10. The largest absolute Gasteiger partial charge is 0.481 e. The number of hydrogen-bond acceptors (Lipinski definition) is 5. The number of nitrogens with zero attached hydrogens (tertiary/aromatic N) is 2. The Bertz CT molecular complexity index is 389. The monoisotopic (exact) mass is 271 g/mol. The quantitative estimate of drug-likeness (QED) is 0.755. The van der Waals surface area contributed by atoms with Crippen LogP contribution in [0.2, 0.25) is 0 Å². The second-order valence-electron chi connectivity index (χ2n) is 4.05. The summed E-state index contributed by atoms with van der Waals surface area (Å²) in [6.45, 7) is 10.0. The van der Waals surface area contributed by atoms with Crippen molar-refractivity contribution in [2.24, 2.45) is 0 Å². The summed E-state index contributed by atoms with van der Waals surface area (Å²) < 4.78 is 0. The number of anilines is 1. The van der Waals surface area contributed by atoms with Gasteiger partial charge in [0.1, 0.15) is 0 Å². The number of thiazole rings is 1. The molecule has 102 valence electrons. The number of aromatic nitrogens is 1.